The topological polar surface area (TPSA) is 101 Å². The molecule has 0 fully saturated rings. The van der Waals surface area contributed by atoms with Crippen molar-refractivity contribution in [2.45, 2.75) is 26.1 Å². The SMILES string of the molecule is COc1ccc2c([C@H](C)C(=O)OCc3cccc(CO[N+](=O)[O-])n3)cccc2c1.Cl. The zero-order chi connectivity index (χ0) is 20.8. The number of hydrogen-bond donors (Lipinski definition) is 0. The zero-order valence-electron chi connectivity index (χ0n) is 16.4. The van der Waals surface area contributed by atoms with Crippen molar-refractivity contribution >= 4 is 29.1 Å². The fraction of sp³-hybridized carbons (Fsp3) is 0.238. The molecule has 0 N–H and O–H groups in total. The first-order chi connectivity index (χ1) is 14.0. The Labute approximate surface area is 179 Å². The largest absolute Gasteiger partial charge is 0.497 e. The van der Waals surface area contributed by atoms with E-state index in [9.17, 15) is 14.9 Å². The number of benzene rings is 2. The summed E-state index contributed by atoms with van der Waals surface area (Å²) < 4.78 is 10.7. The molecule has 0 aliphatic carbocycles. The van der Waals surface area contributed by atoms with Gasteiger partial charge in [-0.1, -0.05) is 30.3 Å². The number of methoxy groups -OCH3 is 1. The first kappa shape index (κ1) is 22.9. The fourth-order valence-electron chi connectivity index (χ4n) is 3.00. The molecule has 0 aliphatic rings. The average molecular weight is 433 g/mol. The summed E-state index contributed by atoms with van der Waals surface area (Å²) in [5.74, 6) is -0.118. The van der Waals surface area contributed by atoms with Gasteiger partial charge in [0, 0.05) is 0 Å². The summed E-state index contributed by atoms with van der Waals surface area (Å²) in [6.45, 7) is 1.49. The summed E-state index contributed by atoms with van der Waals surface area (Å²) >= 11 is 0. The minimum Gasteiger partial charge on any atom is -0.497 e. The van der Waals surface area contributed by atoms with Crippen molar-refractivity contribution in [3.63, 3.8) is 0 Å². The molecule has 1 atom stereocenters. The second kappa shape index (κ2) is 10.4. The molecule has 0 radical (unpaired) electrons. The van der Waals surface area contributed by atoms with Gasteiger partial charge in [0.2, 0.25) is 0 Å². The van der Waals surface area contributed by atoms with Gasteiger partial charge in [-0.25, -0.2) is 0 Å². The minimum absolute atomic E-state index is 0. The van der Waals surface area contributed by atoms with E-state index in [1.165, 1.54) is 0 Å². The number of fused-ring (bicyclic) bond motifs is 1. The van der Waals surface area contributed by atoms with Gasteiger partial charge in [-0.3, -0.25) is 9.78 Å². The van der Waals surface area contributed by atoms with Crippen LogP contribution in [0.5, 0.6) is 5.75 Å². The average Bonchev–Trinajstić information content (AvgIpc) is 2.75. The molecule has 30 heavy (non-hydrogen) atoms. The van der Waals surface area contributed by atoms with E-state index in [0.29, 0.717) is 11.4 Å². The van der Waals surface area contributed by atoms with Gasteiger partial charge in [0.25, 0.3) is 5.09 Å². The van der Waals surface area contributed by atoms with E-state index in [1.807, 2.05) is 36.4 Å². The second-order valence-corrected chi connectivity index (χ2v) is 6.38. The van der Waals surface area contributed by atoms with Gasteiger partial charge in [-0.05, 0) is 47.5 Å². The molecule has 1 heterocycles. The molecule has 158 valence electrons. The summed E-state index contributed by atoms with van der Waals surface area (Å²) in [5, 5.41) is 11.3. The number of nitrogens with zero attached hydrogens (tertiary/aromatic N) is 2. The Bertz CT molecular complexity index is 1040. The quantitative estimate of drug-likeness (QED) is 0.298. The van der Waals surface area contributed by atoms with Gasteiger partial charge in [0.15, 0.2) is 0 Å². The minimum atomic E-state index is -0.879. The lowest BCUT2D eigenvalue weighted by Gasteiger charge is -2.15. The number of carbonyl (C=O) groups excluding carboxylic acids is 1. The fourth-order valence-corrected chi connectivity index (χ4v) is 3.00. The maximum absolute atomic E-state index is 12.6. The third-order valence-electron chi connectivity index (χ3n) is 4.49. The summed E-state index contributed by atoms with van der Waals surface area (Å²) in [6.07, 6.45) is 0. The van der Waals surface area contributed by atoms with Crippen LogP contribution in [0.15, 0.2) is 54.6 Å². The summed E-state index contributed by atoms with van der Waals surface area (Å²) in [5.41, 5.74) is 1.72. The Morgan fingerprint density at radius 3 is 2.50 bits per heavy atom. The van der Waals surface area contributed by atoms with Crippen LogP contribution in [0.2, 0.25) is 0 Å². The molecule has 3 aromatic rings. The van der Waals surface area contributed by atoms with Crippen LogP contribution in [0.4, 0.5) is 0 Å². The van der Waals surface area contributed by atoms with Gasteiger partial charge in [0.05, 0.1) is 24.4 Å². The van der Waals surface area contributed by atoms with E-state index < -0.39 is 11.0 Å². The Morgan fingerprint density at radius 2 is 1.80 bits per heavy atom. The van der Waals surface area contributed by atoms with Crippen molar-refractivity contribution in [3.05, 3.63) is 81.7 Å². The molecule has 0 unspecified atom stereocenters. The highest BCUT2D eigenvalue weighted by atomic mass is 35.5. The van der Waals surface area contributed by atoms with Crippen molar-refractivity contribution in [2.24, 2.45) is 0 Å². The van der Waals surface area contributed by atoms with E-state index in [1.54, 1.807) is 32.2 Å². The highest BCUT2D eigenvalue weighted by Gasteiger charge is 2.19. The number of carbonyl (C=O) groups is 1. The molecule has 0 spiro atoms. The number of hydrogen-bond acceptors (Lipinski definition) is 7. The number of ether oxygens (including phenoxy) is 2. The molecule has 0 amide bonds. The normalized spacial score (nSPS) is 11.3. The lowest BCUT2D eigenvalue weighted by molar-refractivity contribution is -0.763. The van der Waals surface area contributed by atoms with Crippen LogP contribution in [0, 0.1) is 10.1 Å². The van der Waals surface area contributed by atoms with Gasteiger partial charge in [-0.15, -0.1) is 22.5 Å². The molecule has 1 aromatic heterocycles. The molecule has 8 nitrogen and oxygen atoms in total. The Hall–Kier alpha value is -3.39. The molecule has 3 rings (SSSR count). The number of aromatic nitrogens is 1. The summed E-state index contributed by atoms with van der Waals surface area (Å²) in [7, 11) is 1.61. The maximum Gasteiger partial charge on any atom is 0.313 e. The first-order valence-electron chi connectivity index (χ1n) is 8.93. The van der Waals surface area contributed by atoms with Crippen molar-refractivity contribution in [3.8, 4) is 5.75 Å². The molecule has 0 aliphatic heterocycles. The first-order valence-corrected chi connectivity index (χ1v) is 8.93. The molecular weight excluding hydrogens is 412 g/mol. The maximum atomic E-state index is 12.6. The molecule has 0 bridgehead atoms. The molecular formula is C21H21ClN2O6. The Kier molecular flexibility index (Phi) is 7.94. The van der Waals surface area contributed by atoms with Crippen molar-refractivity contribution < 1.29 is 24.2 Å². The number of pyridine rings is 1. The van der Waals surface area contributed by atoms with E-state index in [0.717, 1.165) is 22.1 Å². The lowest BCUT2D eigenvalue weighted by atomic mass is 9.95. The number of rotatable bonds is 8. The van der Waals surface area contributed by atoms with Crippen LogP contribution >= 0.6 is 12.4 Å². The van der Waals surface area contributed by atoms with Crippen molar-refractivity contribution in [1.29, 1.82) is 0 Å². The molecule has 2 aromatic carbocycles. The van der Waals surface area contributed by atoms with E-state index in [-0.39, 0.29) is 31.6 Å². The van der Waals surface area contributed by atoms with Crippen molar-refractivity contribution in [2.75, 3.05) is 7.11 Å². The van der Waals surface area contributed by atoms with Crippen LogP contribution in [0.1, 0.15) is 29.8 Å². The highest BCUT2D eigenvalue weighted by Crippen LogP contribution is 2.29. The van der Waals surface area contributed by atoms with Crippen LogP contribution in [-0.4, -0.2) is 23.1 Å². The Balaban J connectivity index is 0.00000320. The second-order valence-electron chi connectivity index (χ2n) is 6.38. The van der Waals surface area contributed by atoms with Gasteiger partial charge in [0.1, 0.15) is 19.0 Å². The smallest absolute Gasteiger partial charge is 0.313 e. The van der Waals surface area contributed by atoms with Crippen molar-refractivity contribution in [1.82, 2.24) is 4.98 Å². The molecule has 9 heteroatoms. The highest BCUT2D eigenvalue weighted by molar-refractivity contribution is 5.91. The van der Waals surface area contributed by atoms with Gasteiger partial charge in [-0.2, -0.15) is 0 Å². The lowest BCUT2D eigenvalue weighted by Crippen LogP contribution is -2.14. The third kappa shape index (κ3) is 5.57. The van der Waals surface area contributed by atoms with E-state index in [4.69, 9.17) is 9.47 Å². The van der Waals surface area contributed by atoms with Gasteiger partial charge >= 0.3 is 5.97 Å². The van der Waals surface area contributed by atoms with Crippen LogP contribution < -0.4 is 4.74 Å². The monoisotopic (exact) mass is 432 g/mol. The standard InChI is InChI=1S/C21H20N2O6.ClH/c1-14(19-8-3-5-15-11-18(27-2)9-10-20(15)19)21(24)28-12-16-6-4-7-17(22-16)13-29-23(25)26;/h3-11,14H,12-13H2,1-2H3;1H/t14-;/m0./s1. The van der Waals surface area contributed by atoms with Gasteiger partial charge < -0.3 is 14.3 Å². The molecule has 0 saturated heterocycles. The van der Waals surface area contributed by atoms with E-state index >= 15 is 0 Å². The van der Waals surface area contributed by atoms with Crippen LogP contribution in [-0.2, 0) is 27.6 Å². The van der Waals surface area contributed by atoms with E-state index in [2.05, 4.69) is 9.82 Å². The Morgan fingerprint density at radius 1 is 1.10 bits per heavy atom. The predicted molar refractivity (Wildman–Crippen MR) is 112 cm³/mol. The zero-order valence-corrected chi connectivity index (χ0v) is 17.3. The number of esters is 1. The number of halogens is 1. The summed E-state index contributed by atoms with van der Waals surface area (Å²) in [6, 6.07) is 16.4. The summed E-state index contributed by atoms with van der Waals surface area (Å²) in [4.78, 5) is 31.4. The molecule has 0 saturated carbocycles. The predicted octanol–water partition coefficient (Wildman–Crippen LogP) is 4.22. The van der Waals surface area contributed by atoms with Crippen LogP contribution in [0.25, 0.3) is 10.8 Å². The van der Waals surface area contributed by atoms with Crippen LogP contribution in [0.3, 0.4) is 0 Å². The third-order valence-corrected chi connectivity index (χ3v) is 4.49.